The molecular formula is C16H22ClN3. The van der Waals surface area contributed by atoms with Crippen molar-refractivity contribution in [3.8, 4) is 12.3 Å². The van der Waals surface area contributed by atoms with Crippen LogP contribution in [0.4, 0.5) is 11.4 Å². The molecule has 0 radical (unpaired) electrons. The predicted octanol–water partition coefficient (Wildman–Crippen LogP) is 2.92. The maximum atomic E-state index is 6.11. The molecule has 1 aromatic carbocycles. The minimum absolute atomic E-state index is 0.487. The molecule has 0 bridgehead atoms. The first-order valence-corrected chi connectivity index (χ1v) is 7.37. The zero-order valence-electron chi connectivity index (χ0n) is 12.2. The maximum Gasteiger partial charge on any atom is 0.0598 e. The van der Waals surface area contributed by atoms with Crippen molar-refractivity contribution in [3.63, 3.8) is 0 Å². The van der Waals surface area contributed by atoms with E-state index < -0.39 is 0 Å². The van der Waals surface area contributed by atoms with Gasteiger partial charge in [-0.05, 0) is 31.0 Å². The van der Waals surface area contributed by atoms with Crippen LogP contribution in [0.2, 0.25) is 5.02 Å². The number of piperidine rings is 1. The third-order valence-electron chi connectivity index (χ3n) is 3.70. The minimum atomic E-state index is 0.487. The van der Waals surface area contributed by atoms with E-state index in [0.29, 0.717) is 6.04 Å². The van der Waals surface area contributed by atoms with E-state index >= 15 is 0 Å². The quantitative estimate of drug-likeness (QED) is 0.861. The molecule has 1 fully saturated rings. The Morgan fingerprint density at radius 3 is 2.70 bits per heavy atom. The van der Waals surface area contributed by atoms with Crippen LogP contribution in [0, 0.1) is 12.3 Å². The summed E-state index contributed by atoms with van der Waals surface area (Å²) in [6.45, 7) is 2.87. The van der Waals surface area contributed by atoms with Crippen LogP contribution in [0.3, 0.4) is 0 Å². The van der Waals surface area contributed by atoms with Gasteiger partial charge in [-0.3, -0.25) is 4.90 Å². The molecule has 1 aliphatic rings. The number of likely N-dealkylation sites (tertiary alicyclic amines) is 1. The largest absolute Gasteiger partial charge is 0.380 e. The molecule has 0 amide bonds. The van der Waals surface area contributed by atoms with E-state index in [1.807, 2.05) is 26.2 Å². The summed E-state index contributed by atoms with van der Waals surface area (Å²) < 4.78 is 0. The Morgan fingerprint density at radius 1 is 1.40 bits per heavy atom. The molecule has 4 heteroatoms. The molecule has 0 unspecified atom stereocenters. The Morgan fingerprint density at radius 2 is 2.10 bits per heavy atom. The van der Waals surface area contributed by atoms with Gasteiger partial charge in [-0.2, -0.15) is 0 Å². The monoisotopic (exact) mass is 291 g/mol. The van der Waals surface area contributed by atoms with Crippen LogP contribution in [0.1, 0.15) is 12.8 Å². The Labute approximate surface area is 126 Å². The Kier molecular flexibility index (Phi) is 5.17. The summed E-state index contributed by atoms with van der Waals surface area (Å²) in [7, 11) is 4.09. The zero-order chi connectivity index (χ0) is 14.5. The van der Waals surface area contributed by atoms with Gasteiger partial charge in [0.2, 0.25) is 0 Å². The fourth-order valence-corrected chi connectivity index (χ4v) is 2.77. The number of terminal acetylenes is 1. The first-order valence-electron chi connectivity index (χ1n) is 6.99. The van der Waals surface area contributed by atoms with Gasteiger partial charge in [0.05, 0.1) is 17.9 Å². The smallest absolute Gasteiger partial charge is 0.0598 e. The molecule has 0 saturated carbocycles. The number of anilines is 2. The van der Waals surface area contributed by atoms with E-state index in [1.54, 1.807) is 0 Å². The highest BCUT2D eigenvalue weighted by molar-refractivity contribution is 6.31. The Hall–Kier alpha value is -1.37. The number of nitrogens with zero attached hydrogens (tertiary/aromatic N) is 2. The molecule has 20 heavy (non-hydrogen) atoms. The molecule has 1 aromatic rings. The minimum Gasteiger partial charge on any atom is -0.380 e. The highest BCUT2D eigenvalue weighted by atomic mass is 35.5. The van der Waals surface area contributed by atoms with Gasteiger partial charge < -0.3 is 10.2 Å². The number of benzene rings is 1. The molecule has 2 rings (SSSR count). The topological polar surface area (TPSA) is 18.5 Å². The summed E-state index contributed by atoms with van der Waals surface area (Å²) in [5, 5.41) is 4.40. The molecule has 0 aromatic heterocycles. The fraction of sp³-hybridized carbons (Fsp3) is 0.500. The lowest BCUT2D eigenvalue weighted by Gasteiger charge is -2.32. The summed E-state index contributed by atoms with van der Waals surface area (Å²) in [6, 6.07) is 6.47. The van der Waals surface area contributed by atoms with Gasteiger partial charge in [0, 0.05) is 38.2 Å². The Balaban J connectivity index is 2.01. The van der Waals surface area contributed by atoms with Gasteiger partial charge in [0.1, 0.15) is 0 Å². The normalized spacial score (nSPS) is 16.7. The lowest BCUT2D eigenvalue weighted by molar-refractivity contribution is 0.243. The van der Waals surface area contributed by atoms with Crippen LogP contribution in [0.25, 0.3) is 0 Å². The van der Waals surface area contributed by atoms with Gasteiger partial charge in [-0.25, -0.2) is 0 Å². The second-order valence-corrected chi connectivity index (χ2v) is 5.89. The van der Waals surface area contributed by atoms with Crippen molar-refractivity contribution in [3.05, 3.63) is 23.2 Å². The van der Waals surface area contributed by atoms with Gasteiger partial charge in [-0.1, -0.05) is 17.5 Å². The highest BCUT2D eigenvalue weighted by Gasteiger charge is 2.19. The molecule has 1 saturated heterocycles. The van der Waals surface area contributed by atoms with Crippen molar-refractivity contribution >= 4 is 23.0 Å². The molecule has 0 atom stereocenters. The molecule has 1 aliphatic heterocycles. The standard InChI is InChI=1S/C16H22ClN3/c1-4-9-20-10-7-14(8-11-20)18-15-12-13(17)5-6-16(15)19(2)3/h1,5-6,12,14,18H,7-11H2,2-3H3. The molecule has 1 heterocycles. The number of rotatable bonds is 4. The van der Waals surface area contributed by atoms with E-state index in [1.165, 1.54) is 5.69 Å². The van der Waals surface area contributed by atoms with E-state index in [9.17, 15) is 0 Å². The lowest BCUT2D eigenvalue weighted by Crippen LogP contribution is -2.39. The first kappa shape index (κ1) is 15.0. The van der Waals surface area contributed by atoms with E-state index in [4.69, 9.17) is 18.0 Å². The van der Waals surface area contributed by atoms with Crippen molar-refractivity contribution in [1.82, 2.24) is 4.90 Å². The van der Waals surface area contributed by atoms with Crippen LogP contribution < -0.4 is 10.2 Å². The number of hydrogen-bond acceptors (Lipinski definition) is 3. The number of halogens is 1. The summed E-state index contributed by atoms with van der Waals surface area (Å²) in [5.41, 5.74) is 2.28. The molecule has 3 nitrogen and oxygen atoms in total. The van der Waals surface area contributed by atoms with Crippen molar-refractivity contribution in [2.75, 3.05) is 43.9 Å². The molecule has 0 spiro atoms. The summed E-state index contributed by atoms with van der Waals surface area (Å²) in [5.74, 6) is 2.71. The highest BCUT2D eigenvalue weighted by Crippen LogP contribution is 2.29. The van der Waals surface area contributed by atoms with Gasteiger partial charge in [0.15, 0.2) is 0 Å². The van der Waals surface area contributed by atoms with Crippen LogP contribution >= 0.6 is 11.6 Å². The van der Waals surface area contributed by atoms with E-state index in [2.05, 4.69) is 27.1 Å². The molecule has 108 valence electrons. The zero-order valence-corrected chi connectivity index (χ0v) is 13.0. The van der Waals surface area contributed by atoms with Crippen LogP contribution in [0.15, 0.2) is 18.2 Å². The number of hydrogen-bond donors (Lipinski definition) is 1. The van der Waals surface area contributed by atoms with E-state index in [0.717, 1.165) is 43.2 Å². The fourth-order valence-electron chi connectivity index (χ4n) is 2.60. The summed E-state index contributed by atoms with van der Waals surface area (Å²) in [4.78, 5) is 4.43. The Bertz CT molecular complexity index is 485. The van der Waals surface area contributed by atoms with Crippen LogP contribution in [-0.2, 0) is 0 Å². The van der Waals surface area contributed by atoms with Crippen molar-refractivity contribution in [1.29, 1.82) is 0 Å². The number of nitrogens with one attached hydrogen (secondary N) is 1. The van der Waals surface area contributed by atoms with Gasteiger partial charge in [-0.15, -0.1) is 6.42 Å². The molecule has 1 N–H and O–H groups in total. The SMILES string of the molecule is C#CCN1CCC(Nc2cc(Cl)ccc2N(C)C)CC1. The second-order valence-electron chi connectivity index (χ2n) is 5.45. The average Bonchev–Trinajstić information content (AvgIpc) is 2.41. The predicted molar refractivity (Wildman–Crippen MR) is 87.7 cm³/mol. The third-order valence-corrected chi connectivity index (χ3v) is 3.94. The third kappa shape index (κ3) is 3.82. The van der Waals surface area contributed by atoms with Crippen molar-refractivity contribution in [2.45, 2.75) is 18.9 Å². The first-order chi connectivity index (χ1) is 9.60. The average molecular weight is 292 g/mol. The lowest BCUT2D eigenvalue weighted by atomic mass is 10.0. The van der Waals surface area contributed by atoms with Gasteiger partial charge in [0.25, 0.3) is 0 Å². The van der Waals surface area contributed by atoms with Gasteiger partial charge >= 0.3 is 0 Å². The van der Waals surface area contributed by atoms with Crippen LogP contribution in [0.5, 0.6) is 0 Å². The molecular weight excluding hydrogens is 270 g/mol. The summed E-state index contributed by atoms with van der Waals surface area (Å²) in [6.07, 6.45) is 7.58. The summed E-state index contributed by atoms with van der Waals surface area (Å²) >= 11 is 6.11. The van der Waals surface area contributed by atoms with E-state index in [-0.39, 0.29) is 0 Å². The van der Waals surface area contributed by atoms with Crippen molar-refractivity contribution in [2.24, 2.45) is 0 Å². The second kappa shape index (κ2) is 6.88. The van der Waals surface area contributed by atoms with Crippen molar-refractivity contribution < 1.29 is 0 Å². The maximum absolute atomic E-state index is 6.11. The molecule has 0 aliphatic carbocycles. The van der Waals surface area contributed by atoms with Crippen LogP contribution in [-0.4, -0.2) is 44.7 Å².